The normalized spacial score (nSPS) is 9.46. The van der Waals surface area contributed by atoms with Gasteiger partial charge in [-0.25, -0.2) is 9.97 Å². The molecule has 10 heteroatoms. The van der Waals surface area contributed by atoms with Gasteiger partial charge >= 0.3 is 11.9 Å². The highest BCUT2D eigenvalue weighted by atomic mass is 16.4. The molecule has 0 bridgehead atoms. The topological polar surface area (TPSA) is 184 Å². The summed E-state index contributed by atoms with van der Waals surface area (Å²) in [7, 11) is 0. The number of nitrogens with two attached hydrogens (primary N) is 2. The first kappa shape index (κ1) is 23.3. The van der Waals surface area contributed by atoms with Crippen molar-refractivity contribution in [3.8, 4) is 0 Å². The molecule has 0 saturated heterocycles. The molecular formula is C16H28N6O4. The Morgan fingerprint density at radius 1 is 0.846 bits per heavy atom. The van der Waals surface area contributed by atoms with Crippen LogP contribution >= 0.6 is 0 Å². The van der Waals surface area contributed by atoms with Crippen molar-refractivity contribution in [2.45, 2.75) is 38.5 Å². The van der Waals surface area contributed by atoms with Crippen LogP contribution in [0.3, 0.4) is 0 Å². The highest BCUT2D eigenvalue weighted by Gasteiger charge is 1.99. The third kappa shape index (κ3) is 14.8. The molecule has 0 radical (unpaired) electrons. The molecular weight excluding hydrogens is 340 g/mol. The largest absolute Gasteiger partial charge is 0.481 e. The summed E-state index contributed by atoms with van der Waals surface area (Å²) in [6.45, 7) is 1.37. The first-order valence-corrected chi connectivity index (χ1v) is 8.27. The van der Waals surface area contributed by atoms with Crippen molar-refractivity contribution < 1.29 is 19.8 Å². The quantitative estimate of drug-likeness (QED) is 0.346. The van der Waals surface area contributed by atoms with Gasteiger partial charge in [-0.1, -0.05) is 0 Å². The second-order valence-electron chi connectivity index (χ2n) is 5.23. The maximum Gasteiger partial charge on any atom is 0.303 e. The number of hydrogen-bond acceptors (Lipinski definition) is 6. The number of carboxylic acid groups (broad SMARTS) is 2. The number of hydrogen-bond donors (Lipinski definition) is 6. The Kier molecular flexibility index (Phi) is 14.1. The van der Waals surface area contributed by atoms with Gasteiger partial charge in [0.1, 0.15) is 0 Å². The average Bonchev–Trinajstić information content (AvgIpc) is 3.27. The van der Waals surface area contributed by atoms with E-state index < -0.39 is 11.9 Å². The van der Waals surface area contributed by atoms with E-state index in [4.69, 9.17) is 21.7 Å². The third-order valence-electron chi connectivity index (χ3n) is 2.97. The van der Waals surface area contributed by atoms with E-state index in [9.17, 15) is 9.59 Å². The van der Waals surface area contributed by atoms with Gasteiger partial charge in [-0.05, 0) is 25.9 Å². The number of aliphatic carboxylic acids is 2. The Balaban J connectivity index is 0.000000363. The molecule has 2 rings (SSSR count). The fourth-order valence-electron chi connectivity index (χ4n) is 1.71. The molecule has 0 atom stereocenters. The summed E-state index contributed by atoms with van der Waals surface area (Å²) in [5.74, 6) is -1.74. The van der Waals surface area contributed by atoms with E-state index >= 15 is 0 Å². The number of nitrogens with one attached hydrogen (secondary N) is 2. The second kappa shape index (κ2) is 15.8. The van der Waals surface area contributed by atoms with Gasteiger partial charge in [0.2, 0.25) is 0 Å². The molecule has 2 aromatic rings. The lowest BCUT2D eigenvalue weighted by Crippen LogP contribution is -2.02. The lowest BCUT2D eigenvalue weighted by molar-refractivity contribution is -0.139. The zero-order valence-electron chi connectivity index (χ0n) is 14.7. The number of imidazole rings is 2. The SMILES string of the molecule is NCCc1cnc[nH]1.NCCc1cnc[nH]1.O=C(O)CCCCC(=O)O. The molecule has 2 heterocycles. The van der Waals surface area contributed by atoms with E-state index in [1.54, 1.807) is 25.0 Å². The van der Waals surface area contributed by atoms with E-state index in [1.807, 2.05) is 0 Å². The van der Waals surface area contributed by atoms with Crippen molar-refractivity contribution in [1.82, 2.24) is 19.9 Å². The Morgan fingerprint density at radius 2 is 1.23 bits per heavy atom. The molecule has 0 aliphatic heterocycles. The highest BCUT2D eigenvalue weighted by Crippen LogP contribution is 1.98. The molecule has 26 heavy (non-hydrogen) atoms. The number of aromatic amines is 2. The molecule has 0 aromatic carbocycles. The number of unbranched alkanes of at least 4 members (excludes halogenated alkanes) is 1. The maximum atomic E-state index is 9.90. The van der Waals surface area contributed by atoms with Crippen LogP contribution in [0.1, 0.15) is 37.1 Å². The summed E-state index contributed by atoms with van der Waals surface area (Å²) in [4.78, 5) is 33.3. The molecule has 2 aromatic heterocycles. The van der Waals surface area contributed by atoms with Crippen molar-refractivity contribution >= 4 is 11.9 Å². The summed E-state index contributed by atoms with van der Waals surface area (Å²) < 4.78 is 0. The van der Waals surface area contributed by atoms with Gasteiger partial charge < -0.3 is 31.6 Å². The number of rotatable bonds is 9. The van der Waals surface area contributed by atoms with Crippen LogP contribution < -0.4 is 11.5 Å². The Hall–Kier alpha value is -2.72. The standard InChI is InChI=1S/C6H10O4.2C5H9N3/c7-5(8)3-1-2-4-6(9)10;2*6-2-1-5-3-7-4-8-5/h1-4H2,(H,7,8)(H,9,10);2*3-4H,1-2,6H2,(H,7,8). The summed E-state index contributed by atoms with van der Waals surface area (Å²) >= 11 is 0. The van der Waals surface area contributed by atoms with Crippen LogP contribution in [0, 0.1) is 0 Å². The third-order valence-corrected chi connectivity index (χ3v) is 2.97. The van der Waals surface area contributed by atoms with Crippen LogP contribution in [0.25, 0.3) is 0 Å². The second-order valence-corrected chi connectivity index (χ2v) is 5.23. The molecule has 0 spiro atoms. The van der Waals surface area contributed by atoms with Gasteiger partial charge in [0.05, 0.1) is 12.7 Å². The van der Waals surface area contributed by atoms with E-state index in [2.05, 4.69) is 19.9 Å². The molecule has 0 aliphatic rings. The number of nitrogens with zero attached hydrogens (tertiary/aromatic N) is 2. The van der Waals surface area contributed by atoms with Crippen molar-refractivity contribution in [3.63, 3.8) is 0 Å². The summed E-state index contributed by atoms with van der Waals surface area (Å²) in [5, 5.41) is 16.3. The minimum atomic E-state index is -0.870. The van der Waals surface area contributed by atoms with Gasteiger partial charge in [-0.15, -0.1) is 0 Å². The Labute approximate surface area is 152 Å². The summed E-state index contributed by atoms with van der Waals surface area (Å²) in [6.07, 6.45) is 9.68. The molecule has 0 amide bonds. The number of H-pyrrole nitrogens is 2. The van der Waals surface area contributed by atoms with Crippen LogP contribution in [0.2, 0.25) is 0 Å². The number of carbonyl (C=O) groups is 2. The predicted octanol–water partition coefficient (Wildman–Crippen LogP) is 0.538. The molecule has 0 unspecified atom stereocenters. The van der Waals surface area contributed by atoms with Crippen LogP contribution in [0.5, 0.6) is 0 Å². The maximum absolute atomic E-state index is 9.90. The van der Waals surface area contributed by atoms with Gasteiger partial charge in [-0.3, -0.25) is 9.59 Å². The van der Waals surface area contributed by atoms with E-state index in [0.29, 0.717) is 25.9 Å². The average molecular weight is 368 g/mol. The predicted molar refractivity (Wildman–Crippen MR) is 96.4 cm³/mol. The first-order valence-electron chi connectivity index (χ1n) is 8.27. The van der Waals surface area contributed by atoms with Crippen LogP contribution in [0.4, 0.5) is 0 Å². The zero-order chi connectivity index (χ0) is 19.6. The van der Waals surface area contributed by atoms with Gasteiger partial charge in [0.15, 0.2) is 0 Å². The van der Waals surface area contributed by atoms with Crippen molar-refractivity contribution in [2.24, 2.45) is 11.5 Å². The lowest BCUT2D eigenvalue weighted by atomic mass is 10.2. The fraction of sp³-hybridized carbons (Fsp3) is 0.500. The van der Waals surface area contributed by atoms with Gasteiger partial charge in [0, 0.05) is 49.5 Å². The van der Waals surface area contributed by atoms with Gasteiger partial charge in [0.25, 0.3) is 0 Å². The highest BCUT2D eigenvalue weighted by molar-refractivity contribution is 5.67. The minimum absolute atomic E-state index is 0.0628. The molecule has 8 N–H and O–H groups in total. The monoisotopic (exact) mass is 368 g/mol. The van der Waals surface area contributed by atoms with Crippen LogP contribution in [-0.2, 0) is 22.4 Å². The van der Waals surface area contributed by atoms with E-state index in [0.717, 1.165) is 24.2 Å². The summed E-state index contributed by atoms with van der Waals surface area (Å²) in [6, 6.07) is 0. The molecule has 0 fully saturated rings. The Morgan fingerprint density at radius 3 is 1.46 bits per heavy atom. The van der Waals surface area contributed by atoms with E-state index in [-0.39, 0.29) is 12.8 Å². The minimum Gasteiger partial charge on any atom is -0.481 e. The molecule has 10 nitrogen and oxygen atoms in total. The van der Waals surface area contributed by atoms with Crippen molar-refractivity contribution in [1.29, 1.82) is 0 Å². The molecule has 146 valence electrons. The molecule has 0 aliphatic carbocycles. The smallest absolute Gasteiger partial charge is 0.303 e. The fourth-order valence-corrected chi connectivity index (χ4v) is 1.71. The van der Waals surface area contributed by atoms with Crippen LogP contribution in [0.15, 0.2) is 25.0 Å². The molecule has 0 saturated carbocycles. The van der Waals surface area contributed by atoms with Crippen LogP contribution in [-0.4, -0.2) is 55.2 Å². The zero-order valence-corrected chi connectivity index (χ0v) is 14.7. The van der Waals surface area contributed by atoms with Crippen molar-refractivity contribution in [2.75, 3.05) is 13.1 Å². The van der Waals surface area contributed by atoms with E-state index in [1.165, 1.54) is 0 Å². The Bertz CT molecular complexity index is 519. The van der Waals surface area contributed by atoms with Gasteiger partial charge in [-0.2, -0.15) is 0 Å². The number of carboxylic acids is 2. The number of aromatic nitrogens is 4. The van der Waals surface area contributed by atoms with Crippen molar-refractivity contribution in [3.05, 3.63) is 36.4 Å². The lowest BCUT2D eigenvalue weighted by Gasteiger charge is -1.92. The first-order chi connectivity index (χ1) is 12.5. The summed E-state index contributed by atoms with van der Waals surface area (Å²) in [5.41, 5.74) is 12.8.